The van der Waals surface area contributed by atoms with Crippen molar-refractivity contribution in [2.24, 2.45) is 7.05 Å². The van der Waals surface area contributed by atoms with Gasteiger partial charge in [0, 0.05) is 7.05 Å². The van der Waals surface area contributed by atoms with Gasteiger partial charge in [0.05, 0.1) is 17.4 Å². The molecule has 0 radical (unpaired) electrons. The maximum Gasteiger partial charge on any atom is 0.320 e. The highest BCUT2D eigenvalue weighted by atomic mass is 16.4. The minimum Gasteiger partial charge on any atom is -0.480 e. The Hall–Kier alpha value is -1.88. The Kier molecular flexibility index (Phi) is 3.85. The lowest BCUT2D eigenvalue weighted by Gasteiger charge is -2.19. The molecule has 0 bridgehead atoms. The first-order valence-corrected chi connectivity index (χ1v) is 6.28. The Morgan fingerprint density at radius 2 is 2.21 bits per heavy atom. The van der Waals surface area contributed by atoms with Crippen LogP contribution in [0.25, 0.3) is 11.0 Å². The van der Waals surface area contributed by atoms with E-state index >= 15 is 0 Å². The number of nitrogens with zero attached hydrogens (tertiary/aromatic N) is 3. The number of aryl methyl sites for hydroxylation is 2. The summed E-state index contributed by atoms with van der Waals surface area (Å²) in [4.78, 5) is 17.2. The summed E-state index contributed by atoms with van der Waals surface area (Å²) in [6, 6.07) is 5.66. The van der Waals surface area contributed by atoms with Crippen molar-refractivity contribution < 1.29 is 9.90 Å². The van der Waals surface area contributed by atoms with Crippen molar-refractivity contribution in [2.45, 2.75) is 18.9 Å². The smallest absolute Gasteiger partial charge is 0.320 e. The second kappa shape index (κ2) is 5.40. The molecule has 5 nitrogen and oxygen atoms in total. The van der Waals surface area contributed by atoms with Gasteiger partial charge in [-0.1, -0.05) is 6.07 Å². The molecule has 0 aliphatic carbocycles. The highest BCUT2D eigenvalue weighted by molar-refractivity contribution is 5.76. The average Bonchev–Trinajstić information content (AvgIpc) is 2.70. The van der Waals surface area contributed by atoms with Crippen molar-refractivity contribution in [3.63, 3.8) is 0 Å². The van der Waals surface area contributed by atoms with Crippen molar-refractivity contribution in [3.8, 4) is 0 Å². The van der Waals surface area contributed by atoms with Gasteiger partial charge in [0.25, 0.3) is 0 Å². The van der Waals surface area contributed by atoms with Crippen molar-refractivity contribution in [1.82, 2.24) is 14.5 Å². The Morgan fingerprint density at radius 1 is 1.47 bits per heavy atom. The highest BCUT2D eigenvalue weighted by Crippen LogP contribution is 2.16. The average molecular weight is 261 g/mol. The lowest BCUT2D eigenvalue weighted by Crippen LogP contribution is -2.35. The zero-order valence-corrected chi connectivity index (χ0v) is 11.5. The molecule has 1 atom stereocenters. The fourth-order valence-electron chi connectivity index (χ4n) is 2.24. The molecule has 19 heavy (non-hydrogen) atoms. The molecule has 102 valence electrons. The fourth-order valence-corrected chi connectivity index (χ4v) is 2.24. The predicted octanol–water partition coefficient (Wildman–Crippen LogP) is 1.52. The van der Waals surface area contributed by atoms with E-state index in [9.17, 15) is 4.79 Å². The summed E-state index contributed by atoms with van der Waals surface area (Å²) in [5, 5.41) is 9.14. The third-order valence-electron chi connectivity index (χ3n) is 3.40. The molecular formula is C14H19N3O2. The van der Waals surface area contributed by atoms with Crippen LogP contribution in [-0.4, -0.2) is 45.7 Å². The summed E-state index contributed by atoms with van der Waals surface area (Å²) in [5.41, 5.74) is 3.17. The van der Waals surface area contributed by atoms with Gasteiger partial charge < -0.3 is 9.67 Å². The molecule has 0 fully saturated rings. The minimum atomic E-state index is -0.774. The normalized spacial score (nSPS) is 13.1. The number of imidazole rings is 1. The van der Waals surface area contributed by atoms with Gasteiger partial charge in [0.1, 0.15) is 6.04 Å². The molecule has 0 aliphatic heterocycles. The highest BCUT2D eigenvalue weighted by Gasteiger charge is 2.19. The van der Waals surface area contributed by atoms with Gasteiger partial charge in [0.15, 0.2) is 0 Å². The number of carboxylic acids is 1. The van der Waals surface area contributed by atoms with Crippen LogP contribution < -0.4 is 0 Å². The zero-order chi connectivity index (χ0) is 14.0. The van der Waals surface area contributed by atoms with E-state index in [0.29, 0.717) is 6.42 Å². The summed E-state index contributed by atoms with van der Waals surface area (Å²) in [6.45, 7) is 0. The van der Waals surface area contributed by atoms with Crippen molar-refractivity contribution >= 4 is 17.0 Å². The largest absolute Gasteiger partial charge is 0.480 e. The summed E-state index contributed by atoms with van der Waals surface area (Å²) in [6.07, 6.45) is 3.12. The third-order valence-corrected chi connectivity index (χ3v) is 3.40. The van der Waals surface area contributed by atoms with E-state index in [1.807, 2.05) is 29.8 Å². The summed E-state index contributed by atoms with van der Waals surface area (Å²) in [7, 11) is 5.54. The number of aromatic nitrogens is 2. The fraction of sp³-hybridized carbons (Fsp3) is 0.429. The summed E-state index contributed by atoms with van der Waals surface area (Å²) < 4.78 is 1.97. The lowest BCUT2D eigenvalue weighted by molar-refractivity contribution is -0.142. The van der Waals surface area contributed by atoms with Crippen molar-refractivity contribution in [1.29, 1.82) is 0 Å². The van der Waals surface area contributed by atoms with E-state index in [4.69, 9.17) is 5.11 Å². The molecule has 1 aromatic carbocycles. The van der Waals surface area contributed by atoms with Crippen molar-refractivity contribution in [3.05, 3.63) is 30.1 Å². The standard InChI is InChI=1S/C14H19N3O2/c1-16(2)13(14(18)19)7-5-10-4-6-12-11(8-10)15-9-17(12)3/h4,6,8-9,13H,5,7H2,1-3H3,(H,18,19). The van der Waals surface area contributed by atoms with Gasteiger partial charge in [-0.15, -0.1) is 0 Å². The SMILES string of the molecule is CN(C)C(CCc1ccc2c(c1)ncn2C)C(=O)O. The van der Waals surface area contributed by atoms with Crippen LogP contribution in [0.1, 0.15) is 12.0 Å². The number of likely N-dealkylation sites (N-methyl/N-ethyl adjacent to an activating group) is 1. The predicted molar refractivity (Wildman–Crippen MR) is 74.1 cm³/mol. The first-order valence-electron chi connectivity index (χ1n) is 6.28. The molecule has 2 rings (SSSR count). The molecule has 1 N–H and O–H groups in total. The third kappa shape index (κ3) is 2.93. The van der Waals surface area contributed by atoms with Gasteiger partial charge in [-0.05, 0) is 44.6 Å². The minimum absolute atomic E-state index is 0.445. The number of rotatable bonds is 5. The molecule has 1 heterocycles. The Morgan fingerprint density at radius 3 is 2.84 bits per heavy atom. The van der Waals surface area contributed by atoms with Gasteiger partial charge in [-0.2, -0.15) is 0 Å². The van der Waals surface area contributed by atoms with Gasteiger partial charge in [0.2, 0.25) is 0 Å². The molecule has 0 saturated carbocycles. The second-order valence-corrected chi connectivity index (χ2v) is 5.03. The maximum absolute atomic E-state index is 11.1. The first-order chi connectivity index (χ1) is 8.99. The molecule has 0 aliphatic rings. The van der Waals surface area contributed by atoms with E-state index in [2.05, 4.69) is 4.98 Å². The molecule has 5 heteroatoms. The molecule has 0 spiro atoms. The van der Waals surface area contributed by atoms with Crippen LogP contribution in [0.5, 0.6) is 0 Å². The van der Waals surface area contributed by atoms with Crippen LogP contribution in [0.2, 0.25) is 0 Å². The number of carbonyl (C=O) groups is 1. The van der Waals surface area contributed by atoms with Gasteiger partial charge >= 0.3 is 5.97 Å². The number of hydrogen-bond acceptors (Lipinski definition) is 3. The van der Waals surface area contributed by atoms with E-state index in [1.165, 1.54) is 0 Å². The van der Waals surface area contributed by atoms with E-state index in [0.717, 1.165) is 23.0 Å². The topological polar surface area (TPSA) is 58.4 Å². The van der Waals surface area contributed by atoms with Gasteiger partial charge in [-0.25, -0.2) is 4.98 Å². The maximum atomic E-state index is 11.1. The molecule has 2 aromatic rings. The van der Waals surface area contributed by atoms with Crippen LogP contribution in [0.15, 0.2) is 24.5 Å². The van der Waals surface area contributed by atoms with Crippen LogP contribution >= 0.6 is 0 Å². The zero-order valence-electron chi connectivity index (χ0n) is 11.5. The van der Waals surface area contributed by atoms with Crippen LogP contribution in [-0.2, 0) is 18.3 Å². The Balaban J connectivity index is 2.11. The second-order valence-electron chi connectivity index (χ2n) is 5.03. The van der Waals surface area contributed by atoms with Crippen LogP contribution in [0.4, 0.5) is 0 Å². The first kappa shape index (κ1) is 13.5. The molecular weight excluding hydrogens is 242 g/mol. The summed E-state index contributed by atoms with van der Waals surface area (Å²) >= 11 is 0. The molecule has 1 unspecified atom stereocenters. The Bertz CT molecular complexity index is 589. The van der Waals surface area contributed by atoms with E-state index < -0.39 is 12.0 Å². The quantitative estimate of drug-likeness (QED) is 0.886. The van der Waals surface area contributed by atoms with Gasteiger partial charge in [-0.3, -0.25) is 9.69 Å². The molecule has 1 aromatic heterocycles. The van der Waals surface area contributed by atoms with Crippen LogP contribution in [0, 0.1) is 0 Å². The Labute approximate surface area is 112 Å². The molecule has 0 saturated heterocycles. The lowest BCUT2D eigenvalue weighted by atomic mass is 10.0. The summed E-state index contributed by atoms with van der Waals surface area (Å²) in [5.74, 6) is -0.774. The van der Waals surface area contributed by atoms with E-state index in [1.54, 1.807) is 25.3 Å². The van der Waals surface area contributed by atoms with E-state index in [-0.39, 0.29) is 0 Å². The monoisotopic (exact) mass is 261 g/mol. The number of fused-ring (bicyclic) bond motifs is 1. The number of benzene rings is 1. The number of aliphatic carboxylic acids is 1. The van der Waals surface area contributed by atoms with Crippen LogP contribution in [0.3, 0.4) is 0 Å². The number of carboxylic acid groups (broad SMARTS) is 1. The molecule has 0 amide bonds. The number of hydrogen-bond donors (Lipinski definition) is 1. The van der Waals surface area contributed by atoms with Crippen molar-refractivity contribution in [2.75, 3.05) is 14.1 Å².